The van der Waals surface area contributed by atoms with Gasteiger partial charge in [-0.05, 0) is 18.6 Å². The number of amidine groups is 1. The number of H-pyrrole nitrogens is 1. The number of carbonyl (C=O) groups excluding carboxylic acids is 1. The second-order valence-corrected chi connectivity index (χ2v) is 3.62. The van der Waals surface area contributed by atoms with Crippen LogP contribution in [0.25, 0.3) is 0 Å². The number of nitrogens with two attached hydrogens (primary N) is 1. The Labute approximate surface area is 99.3 Å². The molecule has 0 aliphatic carbocycles. The minimum Gasteiger partial charge on any atom is -0.386 e. The quantitative estimate of drug-likeness (QED) is 0.323. The van der Waals surface area contributed by atoms with E-state index in [1.54, 1.807) is 6.92 Å². The van der Waals surface area contributed by atoms with Gasteiger partial charge >= 0.3 is 0 Å². The van der Waals surface area contributed by atoms with Gasteiger partial charge in [-0.3, -0.25) is 4.79 Å². The first-order valence-corrected chi connectivity index (χ1v) is 5.52. The van der Waals surface area contributed by atoms with Gasteiger partial charge in [0.05, 0.1) is 0 Å². The minimum absolute atomic E-state index is 0.108. The van der Waals surface area contributed by atoms with Crippen molar-refractivity contribution in [3.8, 4) is 0 Å². The zero-order chi connectivity index (χ0) is 12.7. The fraction of sp³-hybridized carbons (Fsp3) is 0.667. The molecule has 0 spiro atoms. The van der Waals surface area contributed by atoms with Crippen molar-refractivity contribution in [3.05, 3.63) is 0 Å². The molecule has 1 rings (SSSR count). The van der Waals surface area contributed by atoms with Crippen LogP contribution in [0.3, 0.4) is 0 Å². The van der Waals surface area contributed by atoms with E-state index < -0.39 is 0 Å². The predicted molar refractivity (Wildman–Crippen MR) is 63.1 cm³/mol. The van der Waals surface area contributed by atoms with Gasteiger partial charge in [-0.2, -0.15) is 10.2 Å². The predicted octanol–water partition coefficient (Wildman–Crippen LogP) is 0.405. The summed E-state index contributed by atoms with van der Waals surface area (Å²) >= 11 is 0. The van der Waals surface area contributed by atoms with Gasteiger partial charge in [-0.25, -0.2) is 0 Å². The smallest absolute Gasteiger partial charge is 0.293 e. The number of unbranched alkanes of at least 4 members (excludes halogenated alkanes) is 2. The highest BCUT2D eigenvalue weighted by Crippen LogP contribution is 2.09. The fourth-order valence-corrected chi connectivity index (χ4v) is 1.25. The molecule has 0 radical (unpaired) electrons. The van der Waals surface area contributed by atoms with Gasteiger partial charge in [0.2, 0.25) is 5.91 Å². The molecule has 0 unspecified atom stereocenters. The number of hydrogen-bond donors (Lipinski definition) is 2. The summed E-state index contributed by atoms with van der Waals surface area (Å²) in [7, 11) is 0. The van der Waals surface area contributed by atoms with Gasteiger partial charge in [0, 0.05) is 6.42 Å². The van der Waals surface area contributed by atoms with E-state index in [1.807, 2.05) is 0 Å². The maximum atomic E-state index is 11.9. The lowest BCUT2D eigenvalue weighted by Crippen LogP contribution is -2.29. The monoisotopic (exact) mass is 239 g/mol. The van der Waals surface area contributed by atoms with Crippen LogP contribution in [-0.2, 0) is 4.79 Å². The first-order chi connectivity index (χ1) is 8.15. The molecule has 8 nitrogen and oxygen atoms in total. The van der Waals surface area contributed by atoms with Crippen molar-refractivity contribution in [1.29, 1.82) is 0 Å². The Kier molecular flexibility index (Phi) is 5.05. The van der Waals surface area contributed by atoms with Crippen molar-refractivity contribution in [1.82, 2.24) is 20.6 Å². The molecule has 1 aromatic heterocycles. The number of hydrogen-bond acceptors (Lipinski definition) is 5. The van der Waals surface area contributed by atoms with E-state index in [9.17, 15) is 4.79 Å². The average molecular weight is 239 g/mol. The molecular weight excluding hydrogens is 222 g/mol. The standard InChI is InChI=1S/C9H17N7O/c1-3-4-5-6-8(17)16(13-7(2)10)9-11-14-15-12-9/h3-6H2,1-2H3,(H2,10,13)(H,11,12,14,15). The molecule has 0 atom stereocenters. The third-order valence-electron chi connectivity index (χ3n) is 2.01. The van der Waals surface area contributed by atoms with Crippen LogP contribution in [0.15, 0.2) is 5.10 Å². The molecule has 1 aromatic rings. The number of aromatic amines is 1. The molecule has 1 amide bonds. The topological polar surface area (TPSA) is 113 Å². The Morgan fingerprint density at radius 1 is 1.53 bits per heavy atom. The summed E-state index contributed by atoms with van der Waals surface area (Å²) in [6.07, 6.45) is 3.24. The van der Waals surface area contributed by atoms with Crippen LogP contribution in [0.5, 0.6) is 0 Å². The maximum Gasteiger partial charge on any atom is 0.293 e. The largest absolute Gasteiger partial charge is 0.386 e. The van der Waals surface area contributed by atoms with Crippen molar-refractivity contribution in [3.63, 3.8) is 0 Å². The van der Waals surface area contributed by atoms with Crippen molar-refractivity contribution in [2.45, 2.75) is 39.5 Å². The number of rotatable bonds is 6. The Morgan fingerprint density at radius 3 is 2.82 bits per heavy atom. The highest BCUT2D eigenvalue weighted by atomic mass is 16.2. The number of nitrogens with zero attached hydrogens (tertiary/aromatic N) is 5. The lowest BCUT2D eigenvalue weighted by atomic mass is 10.2. The highest BCUT2D eigenvalue weighted by Gasteiger charge is 2.18. The second kappa shape index (κ2) is 6.56. The number of hydrazone groups is 1. The molecule has 0 fully saturated rings. The normalized spacial score (nSPS) is 11.5. The summed E-state index contributed by atoms with van der Waals surface area (Å²) in [6, 6.07) is 0. The Balaban J connectivity index is 2.70. The zero-order valence-corrected chi connectivity index (χ0v) is 10.1. The van der Waals surface area contributed by atoms with Crippen LogP contribution >= 0.6 is 0 Å². The van der Waals surface area contributed by atoms with Crippen molar-refractivity contribution in [2.75, 3.05) is 5.01 Å². The molecule has 0 saturated carbocycles. The number of carbonyl (C=O) groups is 1. The van der Waals surface area contributed by atoms with Gasteiger partial charge < -0.3 is 5.73 Å². The SMILES string of the molecule is CCCCCC(=O)N(N=C(C)N)c1nn[nH]n1. The molecule has 0 bridgehead atoms. The summed E-state index contributed by atoms with van der Waals surface area (Å²) < 4.78 is 0. The molecule has 0 aliphatic rings. The molecule has 0 aromatic carbocycles. The second-order valence-electron chi connectivity index (χ2n) is 3.62. The van der Waals surface area contributed by atoms with Crippen LogP contribution in [0.4, 0.5) is 5.95 Å². The van der Waals surface area contributed by atoms with E-state index in [0.29, 0.717) is 6.42 Å². The summed E-state index contributed by atoms with van der Waals surface area (Å²) in [4.78, 5) is 11.9. The Morgan fingerprint density at radius 2 is 2.29 bits per heavy atom. The third-order valence-corrected chi connectivity index (χ3v) is 2.01. The molecule has 94 valence electrons. The fourth-order valence-electron chi connectivity index (χ4n) is 1.25. The van der Waals surface area contributed by atoms with E-state index in [0.717, 1.165) is 24.3 Å². The molecule has 17 heavy (non-hydrogen) atoms. The lowest BCUT2D eigenvalue weighted by molar-refractivity contribution is -0.118. The van der Waals surface area contributed by atoms with E-state index in [-0.39, 0.29) is 17.7 Å². The molecule has 0 saturated heterocycles. The van der Waals surface area contributed by atoms with E-state index in [4.69, 9.17) is 5.73 Å². The van der Waals surface area contributed by atoms with Crippen LogP contribution in [0, 0.1) is 0 Å². The molecular formula is C9H17N7O. The summed E-state index contributed by atoms with van der Waals surface area (Å²) in [6.45, 7) is 3.66. The molecule has 0 aliphatic heterocycles. The van der Waals surface area contributed by atoms with Gasteiger partial charge in [0.25, 0.3) is 5.95 Å². The van der Waals surface area contributed by atoms with Gasteiger partial charge in [0.15, 0.2) is 0 Å². The summed E-state index contributed by atoms with van der Waals surface area (Å²) in [5, 5.41) is 18.1. The number of nitrogens with one attached hydrogen (secondary N) is 1. The number of aromatic nitrogens is 4. The Bertz CT molecular complexity index is 369. The van der Waals surface area contributed by atoms with Crippen molar-refractivity contribution < 1.29 is 4.79 Å². The maximum absolute atomic E-state index is 11.9. The number of tetrazole rings is 1. The van der Waals surface area contributed by atoms with Crippen LogP contribution in [-0.4, -0.2) is 32.4 Å². The molecule has 1 heterocycles. The van der Waals surface area contributed by atoms with Gasteiger partial charge in [-0.15, -0.1) is 10.2 Å². The van der Waals surface area contributed by atoms with E-state index in [1.165, 1.54) is 0 Å². The van der Waals surface area contributed by atoms with Crippen molar-refractivity contribution >= 4 is 17.7 Å². The van der Waals surface area contributed by atoms with Crippen LogP contribution in [0.1, 0.15) is 39.5 Å². The third kappa shape index (κ3) is 4.17. The van der Waals surface area contributed by atoms with E-state index >= 15 is 0 Å². The Hall–Kier alpha value is -1.99. The van der Waals surface area contributed by atoms with Crippen molar-refractivity contribution in [2.24, 2.45) is 10.8 Å². The number of anilines is 1. The average Bonchev–Trinajstić information content (AvgIpc) is 2.79. The molecule has 8 heteroatoms. The van der Waals surface area contributed by atoms with Gasteiger partial charge in [0.1, 0.15) is 5.84 Å². The summed E-state index contributed by atoms with van der Waals surface area (Å²) in [5.74, 6) is 0.180. The lowest BCUT2D eigenvalue weighted by Gasteiger charge is -2.12. The van der Waals surface area contributed by atoms with Crippen LogP contribution in [0.2, 0.25) is 0 Å². The molecule has 3 N–H and O–H groups in total. The first-order valence-electron chi connectivity index (χ1n) is 5.52. The van der Waals surface area contributed by atoms with E-state index in [2.05, 4.69) is 32.6 Å². The first kappa shape index (κ1) is 13.1. The van der Waals surface area contributed by atoms with Crippen LogP contribution < -0.4 is 10.7 Å². The highest BCUT2D eigenvalue weighted by molar-refractivity contribution is 5.93. The zero-order valence-electron chi connectivity index (χ0n) is 10.1. The number of amides is 1. The van der Waals surface area contributed by atoms with Gasteiger partial charge in [-0.1, -0.05) is 24.9 Å². The minimum atomic E-state index is -0.190. The summed E-state index contributed by atoms with van der Waals surface area (Å²) in [5.41, 5.74) is 5.46.